The zero-order valence-electron chi connectivity index (χ0n) is 20.0. The van der Waals surface area contributed by atoms with Crippen molar-refractivity contribution in [2.45, 2.75) is 19.1 Å². The molecule has 5 aromatic rings. The summed E-state index contributed by atoms with van der Waals surface area (Å²) in [4.78, 5) is 21.1. The van der Waals surface area contributed by atoms with E-state index in [9.17, 15) is 14.3 Å². The van der Waals surface area contributed by atoms with E-state index in [-0.39, 0.29) is 24.2 Å². The maximum Gasteiger partial charge on any atom is 0.257 e. The summed E-state index contributed by atoms with van der Waals surface area (Å²) >= 11 is 2.81. The number of aliphatic hydroxyl groups is 1. The summed E-state index contributed by atoms with van der Waals surface area (Å²) in [7, 11) is 0. The Bertz CT molecular complexity index is 1610. The van der Waals surface area contributed by atoms with E-state index in [0.29, 0.717) is 46.3 Å². The van der Waals surface area contributed by atoms with Crippen molar-refractivity contribution in [1.82, 2.24) is 9.97 Å². The van der Waals surface area contributed by atoms with E-state index < -0.39 is 6.10 Å². The van der Waals surface area contributed by atoms with Gasteiger partial charge in [-0.2, -0.15) is 0 Å². The molecule has 2 N–H and O–H groups in total. The number of nitrogens with zero attached hydrogens (tertiary/aromatic N) is 2. The average Bonchev–Trinajstić information content (AvgIpc) is 3.58. The van der Waals surface area contributed by atoms with Gasteiger partial charge in [-0.3, -0.25) is 10.1 Å². The standard InChI is InChI=1S/C28H22FN3O4S2/c29-19-4-7-24-22(12-19)31-25(38-24)15-35-20-5-6-23-21(13-20)26(33)18(14-36-23)11-16-2-1-3-17(10-16)27(34)32-28-30-8-9-37-28/h1-10,12-13,18,26,33H,11,14-15H2,(H,30,32,34)/t18-,26-/m1/s1. The van der Waals surface area contributed by atoms with E-state index >= 15 is 0 Å². The Morgan fingerprint density at radius 3 is 2.97 bits per heavy atom. The molecule has 2 atom stereocenters. The van der Waals surface area contributed by atoms with Crippen LogP contribution in [0, 0.1) is 11.7 Å². The van der Waals surface area contributed by atoms with Crippen LogP contribution in [0.15, 0.2) is 72.2 Å². The smallest absolute Gasteiger partial charge is 0.257 e. The summed E-state index contributed by atoms with van der Waals surface area (Å²) in [6.07, 6.45) is 1.41. The third-order valence-corrected chi connectivity index (χ3v) is 7.99. The minimum atomic E-state index is -0.763. The third kappa shape index (κ3) is 5.24. The van der Waals surface area contributed by atoms with Crippen LogP contribution < -0.4 is 14.8 Å². The molecule has 1 amide bonds. The van der Waals surface area contributed by atoms with Gasteiger partial charge in [-0.25, -0.2) is 14.4 Å². The first-order valence-corrected chi connectivity index (χ1v) is 13.6. The number of fused-ring (bicyclic) bond motifs is 2. The van der Waals surface area contributed by atoms with E-state index in [0.717, 1.165) is 15.3 Å². The van der Waals surface area contributed by atoms with Gasteiger partial charge < -0.3 is 14.6 Å². The van der Waals surface area contributed by atoms with Crippen molar-refractivity contribution < 1.29 is 23.8 Å². The van der Waals surface area contributed by atoms with E-state index in [1.54, 1.807) is 41.9 Å². The maximum atomic E-state index is 13.5. The van der Waals surface area contributed by atoms with Gasteiger partial charge in [-0.15, -0.1) is 22.7 Å². The zero-order chi connectivity index (χ0) is 26.1. The Labute approximate surface area is 225 Å². The molecule has 2 aromatic heterocycles. The van der Waals surface area contributed by atoms with Gasteiger partial charge in [0, 0.05) is 34.7 Å². The number of aliphatic hydroxyl groups excluding tert-OH is 1. The fourth-order valence-electron chi connectivity index (χ4n) is 4.44. The molecule has 192 valence electrons. The molecule has 0 spiro atoms. The van der Waals surface area contributed by atoms with Gasteiger partial charge >= 0.3 is 0 Å². The van der Waals surface area contributed by atoms with Crippen molar-refractivity contribution in [3.05, 3.63) is 99.8 Å². The topological polar surface area (TPSA) is 93.6 Å². The fraction of sp³-hybridized carbons (Fsp3) is 0.179. The highest BCUT2D eigenvalue weighted by molar-refractivity contribution is 7.18. The van der Waals surface area contributed by atoms with Crippen LogP contribution in [0.3, 0.4) is 0 Å². The van der Waals surface area contributed by atoms with Gasteiger partial charge in [0.2, 0.25) is 0 Å². The van der Waals surface area contributed by atoms with E-state index in [1.165, 1.54) is 34.8 Å². The summed E-state index contributed by atoms with van der Waals surface area (Å²) in [6, 6.07) is 17.3. The van der Waals surface area contributed by atoms with Crippen LogP contribution in [0.1, 0.15) is 32.6 Å². The predicted molar refractivity (Wildman–Crippen MR) is 145 cm³/mol. The average molecular weight is 548 g/mol. The molecule has 0 fully saturated rings. The first kappa shape index (κ1) is 24.5. The number of carbonyl (C=O) groups excluding carboxylic acids is 1. The molecule has 0 radical (unpaired) electrons. The van der Waals surface area contributed by atoms with Crippen LogP contribution in [0.4, 0.5) is 9.52 Å². The van der Waals surface area contributed by atoms with Gasteiger partial charge in [-0.05, 0) is 54.4 Å². The number of hydrogen-bond donors (Lipinski definition) is 2. The lowest BCUT2D eigenvalue weighted by Gasteiger charge is -2.30. The van der Waals surface area contributed by atoms with Crippen molar-refractivity contribution in [3.8, 4) is 11.5 Å². The Hall–Kier alpha value is -3.86. The number of anilines is 1. The number of aromatic nitrogens is 2. The molecule has 3 heterocycles. The number of thiazole rings is 2. The van der Waals surface area contributed by atoms with Crippen molar-refractivity contribution in [2.24, 2.45) is 5.92 Å². The van der Waals surface area contributed by atoms with Crippen LogP contribution in [-0.2, 0) is 13.0 Å². The number of carbonyl (C=O) groups is 1. The maximum absolute atomic E-state index is 13.5. The minimum Gasteiger partial charge on any atom is -0.493 e. The summed E-state index contributed by atoms with van der Waals surface area (Å²) < 4.78 is 26.3. The molecular weight excluding hydrogens is 525 g/mol. The summed E-state index contributed by atoms with van der Waals surface area (Å²) in [6.45, 7) is 0.585. The second kappa shape index (κ2) is 10.5. The van der Waals surface area contributed by atoms with Gasteiger partial charge in [0.25, 0.3) is 5.91 Å². The molecule has 0 saturated carbocycles. The Balaban J connectivity index is 1.13. The molecule has 0 unspecified atom stereocenters. The van der Waals surface area contributed by atoms with Gasteiger partial charge in [0.1, 0.15) is 28.9 Å². The third-order valence-electron chi connectivity index (χ3n) is 6.30. The lowest BCUT2D eigenvalue weighted by molar-refractivity contribution is 0.0504. The number of benzene rings is 3. The molecule has 6 rings (SSSR count). The lowest BCUT2D eigenvalue weighted by atomic mass is 9.87. The molecule has 1 aliphatic heterocycles. The van der Waals surface area contributed by atoms with Crippen LogP contribution in [0.2, 0.25) is 0 Å². The number of ether oxygens (including phenoxy) is 2. The number of nitrogens with one attached hydrogen (secondary N) is 1. The molecule has 0 aliphatic carbocycles. The van der Waals surface area contributed by atoms with E-state index in [2.05, 4.69) is 15.3 Å². The molecule has 10 heteroatoms. The number of halogens is 1. The Morgan fingerprint density at radius 1 is 1.18 bits per heavy atom. The van der Waals surface area contributed by atoms with E-state index in [1.807, 2.05) is 18.2 Å². The first-order valence-electron chi connectivity index (χ1n) is 11.9. The summed E-state index contributed by atoms with van der Waals surface area (Å²) in [5, 5.41) is 17.1. The number of hydrogen-bond acceptors (Lipinski definition) is 8. The first-order chi connectivity index (χ1) is 18.5. The molecule has 7 nitrogen and oxygen atoms in total. The van der Waals surface area contributed by atoms with Crippen molar-refractivity contribution in [3.63, 3.8) is 0 Å². The molecule has 1 aliphatic rings. The molecule has 0 saturated heterocycles. The van der Waals surface area contributed by atoms with Gasteiger partial charge in [-0.1, -0.05) is 12.1 Å². The van der Waals surface area contributed by atoms with Gasteiger partial charge in [0.15, 0.2) is 5.13 Å². The summed E-state index contributed by atoms with van der Waals surface area (Å²) in [5.41, 5.74) is 2.71. The van der Waals surface area contributed by atoms with Gasteiger partial charge in [0.05, 0.1) is 22.9 Å². The SMILES string of the molecule is O=C(Nc1nccs1)c1cccc(C[C@@H]2COc3ccc(OCc4nc5cc(F)ccc5s4)cc3[C@@H]2O)c1. The normalized spacial score (nSPS) is 16.6. The predicted octanol–water partition coefficient (Wildman–Crippen LogP) is 6.01. The number of amides is 1. The van der Waals surface area contributed by atoms with E-state index in [4.69, 9.17) is 9.47 Å². The van der Waals surface area contributed by atoms with Crippen molar-refractivity contribution >= 4 is 43.9 Å². The van der Waals surface area contributed by atoms with Crippen LogP contribution in [0.5, 0.6) is 11.5 Å². The largest absolute Gasteiger partial charge is 0.493 e. The fourth-order valence-corrected chi connectivity index (χ4v) is 5.83. The highest BCUT2D eigenvalue weighted by atomic mass is 32.1. The van der Waals surface area contributed by atoms with Crippen LogP contribution in [-0.4, -0.2) is 27.6 Å². The molecule has 3 aromatic carbocycles. The highest BCUT2D eigenvalue weighted by Crippen LogP contribution is 2.39. The quantitative estimate of drug-likeness (QED) is 0.259. The molecule has 0 bridgehead atoms. The van der Waals surface area contributed by atoms with Crippen molar-refractivity contribution in [1.29, 1.82) is 0 Å². The Kier molecular flexibility index (Phi) is 6.75. The van der Waals surface area contributed by atoms with Crippen LogP contribution in [0.25, 0.3) is 10.2 Å². The Morgan fingerprint density at radius 2 is 2.11 bits per heavy atom. The molecular formula is C28H22FN3O4S2. The van der Waals surface area contributed by atoms with Crippen LogP contribution >= 0.6 is 22.7 Å². The molecule has 38 heavy (non-hydrogen) atoms. The lowest BCUT2D eigenvalue weighted by Crippen LogP contribution is -2.27. The minimum absolute atomic E-state index is 0.200. The highest BCUT2D eigenvalue weighted by Gasteiger charge is 2.30. The number of rotatable bonds is 7. The van der Waals surface area contributed by atoms with Crippen molar-refractivity contribution in [2.75, 3.05) is 11.9 Å². The second-order valence-corrected chi connectivity index (χ2v) is 10.9. The monoisotopic (exact) mass is 547 g/mol. The zero-order valence-corrected chi connectivity index (χ0v) is 21.6. The second-order valence-electron chi connectivity index (χ2n) is 8.92. The summed E-state index contributed by atoms with van der Waals surface area (Å²) in [5.74, 6) is 0.451.